The Hall–Kier alpha value is -3.34. The molecule has 1 aromatic carbocycles. The van der Waals surface area contributed by atoms with Crippen molar-refractivity contribution < 1.29 is 47.6 Å². The van der Waals surface area contributed by atoms with Crippen molar-refractivity contribution in [3.8, 4) is 11.5 Å². The second-order valence-electron chi connectivity index (χ2n) is 10.5. The van der Waals surface area contributed by atoms with Gasteiger partial charge in [-0.2, -0.15) is 0 Å². The predicted octanol–water partition coefficient (Wildman–Crippen LogP) is 4.19. The molecule has 0 amide bonds. The summed E-state index contributed by atoms with van der Waals surface area (Å²) >= 11 is 0. The minimum absolute atomic E-state index is 0.0696. The molecule has 0 saturated heterocycles. The van der Waals surface area contributed by atoms with Gasteiger partial charge in [-0.15, -0.1) is 0 Å². The van der Waals surface area contributed by atoms with Gasteiger partial charge in [0.2, 0.25) is 0 Å². The smallest absolute Gasteiger partial charge is 0.468 e. The molecule has 0 bridgehead atoms. The van der Waals surface area contributed by atoms with Crippen molar-refractivity contribution in [2.24, 2.45) is 5.92 Å². The summed E-state index contributed by atoms with van der Waals surface area (Å²) in [6.07, 6.45) is -1.87. The van der Waals surface area contributed by atoms with Crippen molar-refractivity contribution in [2.45, 2.75) is 79.1 Å². The van der Waals surface area contributed by atoms with Gasteiger partial charge in [0.15, 0.2) is 11.5 Å². The molecule has 37 heavy (non-hydrogen) atoms. The molecule has 1 aromatic rings. The predicted molar refractivity (Wildman–Crippen MR) is 133 cm³/mol. The third kappa shape index (κ3) is 13.0. The van der Waals surface area contributed by atoms with Crippen molar-refractivity contribution >= 4 is 24.2 Å². The molecule has 0 aliphatic rings. The van der Waals surface area contributed by atoms with E-state index in [1.807, 2.05) is 0 Å². The standard InChI is InChI=1S/C26H39NO10/c1-16(2)21(28)33-13-12-27-18(22(29)32-9)14-17-10-11-19(34-23(30)36-25(3,4)5)20(15-17)35-24(31)37-26(6,7)8/h10-11,15-16,18,27H,12-14H2,1-9H3/t18-/m0/s1. The zero-order valence-corrected chi connectivity index (χ0v) is 23.1. The lowest BCUT2D eigenvalue weighted by Gasteiger charge is -2.21. The van der Waals surface area contributed by atoms with Crippen molar-refractivity contribution in [2.75, 3.05) is 20.3 Å². The Balaban J connectivity index is 3.10. The Morgan fingerprint density at radius 1 is 0.838 bits per heavy atom. The lowest BCUT2D eigenvalue weighted by molar-refractivity contribution is -0.147. The third-order valence-corrected chi connectivity index (χ3v) is 4.31. The first-order valence-corrected chi connectivity index (χ1v) is 11.9. The highest BCUT2D eigenvalue weighted by Gasteiger charge is 2.25. The van der Waals surface area contributed by atoms with Gasteiger partial charge in [-0.1, -0.05) is 19.9 Å². The largest absolute Gasteiger partial charge is 0.514 e. The van der Waals surface area contributed by atoms with Gasteiger partial charge in [-0.25, -0.2) is 9.59 Å². The number of nitrogens with one attached hydrogen (secondary N) is 1. The molecule has 0 radical (unpaired) electrons. The highest BCUT2D eigenvalue weighted by molar-refractivity contribution is 5.76. The number of hydrogen-bond acceptors (Lipinski definition) is 11. The number of carbonyl (C=O) groups is 4. The molecule has 0 unspecified atom stereocenters. The van der Waals surface area contributed by atoms with Crippen molar-refractivity contribution in [1.82, 2.24) is 5.32 Å². The molecule has 0 heterocycles. The number of hydrogen-bond donors (Lipinski definition) is 1. The lowest BCUT2D eigenvalue weighted by atomic mass is 10.1. The molecule has 1 rings (SSSR count). The molecular formula is C26H39NO10. The SMILES string of the molecule is COC(=O)[C@H](Cc1ccc(OC(=O)OC(C)(C)C)c(OC(=O)OC(C)(C)C)c1)NCCOC(=O)C(C)C. The number of benzene rings is 1. The fraction of sp³-hybridized carbons (Fsp3) is 0.615. The average molecular weight is 526 g/mol. The summed E-state index contributed by atoms with van der Waals surface area (Å²) in [6.45, 7) is 13.8. The van der Waals surface area contributed by atoms with Crippen molar-refractivity contribution in [3.05, 3.63) is 23.8 Å². The molecule has 0 aliphatic heterocycles. The van der Waals surface area contributed by atoms with E-state index in [1.54, 1.807) is 61.5 Å². The molecule has 11 heteroatoms. The van der Waals surface area contributed by atoms with Gasteiger partial charge in [0, 0.05) is 6.54 Å². The van der Waals surface area contributed by atoms with E-state index in [-0.39, 0.29) is 43.0 Å². The molecule has 208 valence electrons. The Morgan fingerprint density at radius 3 is 1.86 bits per heavy atom. The molecule has 0 saturated carbocycles. The summed E-state index contributed by atoms with van der Waals surface area (Å²) in [7, 11) is 1.25. The molecular weight excluding hydrogens is 486 g/mol. The Labute approximate surface area is 218 Å². The summed E-state index contributed by atoms with van der Waals surface area (Å²) in [5, 5.41) is 2.99. The van der Waals surface area contributed by atoms with Gasteiger partial charge in [0.1, 0.15) is 23.9 Å². The minimum atomic E-state index is -1.01. The minimum Gasteiger partial charge on any atom is -0.468 e. The Morgan fingerprint density at radius 2 is 1.38 bits per heavy atom. The summed E-state index contributed by atoms with van der Waals surface area (Å²) in [5.41, 5.74) is -1.07. The van der Waals surface area contributed by atoms with Crippen LogP contribution in [0.4, 0.5) is 9.59 Å². The van der Waals surface area contributed by atoms with Crippen LogP contribution in [0.1, 0.15) is 61.0 Å². The fourth-order valence-electron chi connectivity index (χ4n) is 2.73. The Bertz CT molecular complexity index is 944. The van der Waals surface area contributed by atoms with E-state index in [9.17, 15) is 19.2 Å². The van der Waals surface area contributed by atoms with E-state index in [2.05, 4.69) is 5.32 Å². The third-order valence-electron chi connectivity index (χ3n) is 4.31. The summed E-state index contributed by atoms with van der Waals surface area (Å²) < 4.78 is 30.9. The number of ether oxygens (including phenoxy) is 6. The number of carbonyl (C=O) groups excluding carboxylic acids is 4. The molecule has 1 N–H and O–H groups in total. The lowest BCUT2D eigenvalue weighted by Crippen LogP contribution is -2.41. The second-order valence-corrected chi connectivity index (χ2v) is 10.5. The first-order chi connectivity index (χ1) is 17.0. The van der Waals surface area contributed by atoms with Crippen LogP contribution in [0.5, 0.6) is 11.5 Å². The summed E-state index contributed by atoms with van der Waals surface area (Å²) in [6, 6.07) is 3.66. The van der Waals surface area contributed by atoms with Gasteiger partial charge < -0.3 is 33.7 Å². The van der Waals surface area contributed by atoms with Crippen molar-refractivity contribution in [1.29, 1.82) is 0 Å². The van der Waals surface area contributed by atoms with Crippen LogP contribution >= 0.6 is 0 Å². The maximum absolute atomic E-state index is 12.3. The number of methoxy groups -OCH3 is 1. The Kier molecular flexibility index (Phi) is 11.8. The van der Waals surface area contributed by atoms with Crippen LogP contribution in [0.25, 0.3) is 0 Å². The zero-order chi connectivity index (χ0) is 28.4. The van der Waals surface area contributed by atoms with Gasteiger partial charge in [0.25, 0.3) is 0 Å². The van der Waals surface area contributed by atoms with E-state index in [1.165, 1.54) is 19.2 Å². The van der Waals surface area contributed by atoms with E-state index in [0.717, 1.165) is 0 Å². The van der Waals surface area contributed by atoms with Crippen LogP contribution in [-0.4, -0.2) is 61.8 Å². The van der Waals surface area contributed by atoms with Crippen molar-refractivity contribution in [3.63, 3.8) is 0 Å². The van der Waals surface area contributed by atoms with Crippen LogP contribution in [-0.2, 0) is 35.0 Å². The van der Waals surface area contributed by atoms with Crippen LogP contribution in [0, 0.1) is 5.92 Å². The van der Waals surface area contributed by atoms with E-state index >= 15 is 0 Å². The van der Waals surface area contributed by atoms with E-state index in [4.69, 9.17) is 28.4 Å². The first kappa shape index (κ1) is 31.7. The topological polar surface area (TPSA) is 136 Å². The number of esters is 2. The normalized spacial score (nSPS) is 12.4. The van der Waals surface area contributed by atoms with Crippen LogP contribution < -0.4 is 14.8 Å². The van der Waals surface area contributed by atoms with Gasteiger partial charge in [0.05, 0.1) is 13.0 Å². The zero-order valence-electron chi connectivity index (χ0n) is 23.1. The van der Waals surface area contributed by atoms with Crippen LogP contribution in [0.15, 0.2) is 18.2 Å². The highest BCUT2D eigenvalue weighted by atomic mass is 16.8. The molecule has 0 aliphatic carbocycles. The monoisotopic (exact) mass is 525 g/mol. The van der Waals surface area contributed by atoms with Crippen LogP contribution in [0.3, 0.4) is 0 Å². The summed E-state index contributed by atoms with van der Waals surface area (Å²) in [5.74, 6) is -1.33. The highest BCUT2D eigenvalue weighted by Crippen LogP contribution is 2.31. The van der Waals surface area contributed by atoms with E-state index < -0.39 is 35.5 Å². The fourth-order valence-corrected chi connectivity index (χ4v) is 2.73. The quantitative estimate of drug-likeness (QED) is 0.204. The molecule has 1 atom stereocenters. The molecule has 0 aromatic heterocycles. The average Bonchev–Trinajstić information content (AvgIpc) is 2.74. The maximum atomic E-state index is 12.3. The summed E-state index contributed by atoms with van der Waals surface area (Å²) in [4.78, 5) is 48.5. The number of rotatable bonds is 10. The van der Waals surface area contributed by atoms with Gasteiger partial charge in [-0.3, -0.25) is 9.59 Å². The maximum Gasteiger partial charge on any atom is 0.514 e. The van der Waals surface area contributed by atoms with Gasteiger partial charge in [-0.05, 0) is 65.7 Å². The van der Waals surface area contributed by atoms with Crippen LogP contribution in [0.2, 0.25) is 0 Å². The molecule has 0 fully saturated rings. The first-order valence-electron chi connectivity index (χ1n) is 11.9. The molecule has 0 spiro atoms. The van der Waals surface area contributed by atoms with Gasteiger partial charge >= 0.3 is 24.2 Å². The van der Waals surface area contributed by atoms with E-state index in [0.29, 0.717) is 5.56 Å². The second kappa shape index (κ2) is 13.8. The molecule has 11 nitrogen and oxygen atoms in total.